The number of hydrogen-bond acceptors (Lipinski definition) is 6. The molecule has 48 heavy (non-hydrogen) atoms. The lowest BCUT2D eigenvalue weighted by molar-refractivity contribution is -0.717. The number of benzene rings is 6. The van der Waals surface area contributed by atoms with Crippen molar-refractivity contribution in [3.8, 4) is 33.9 Å². The van der Waals surface area contributed by atoms with Crippen LogP contribution in [0.4, 0.5) is 23.3 Å². The molecule has 0 atom stereocenters. The number of para-hydroxylation sites is 4. The molecule has 10 nitrogen and oxygen atoms in total. The Bertz CT molecular complexity index is 2080. The van der Waals surface area contributed by atoms with Crippen molar-refractivity contribution in [3.63, 3.8) is 0 Å². The van der Waals surface area contributed by atoms with Crippen LogP contribution in [0.5, 0.6) is 0 Å². The van der Waals surface area contributed by atoms with E-state index in [4.69, 9.17) is 20.6 Å². The van der Waals surface area contributed by atoms with Gasteiger partial charge >= 0.3 is 11.9 Å². The maximum atomic E-state index is 4.76. The summed E-state index contributed by atoms with van der Waals surface area (Å²) < 4.78 is 3.60. The van der Waals surface area contributed by atoms with Gasteiger partial charge in [-0.15, -0.1) is 0 Å². The van der Waals surface area contributed by atoms with Crippen LogP contribution in [0.2, 0.25) is 0 Å². The Morgan fingerprint density at radius 1 is 0.458 bits per heavy atom. The number of aromatic nitrogens is 8. The first-order valence-electron chi connectivity index (χ1n) is 15.5. The summed E-state index contributed by atoms with van der Waals surface area (Å²) in [6.45, 7) is 0. The Morgan fingerprint density at radius 2 is 0.958 bits per heavy atom. The average Bonchev–Trinajstić information content (AvgIpc) is 3.79. The fraction of sp³-hybridized carbons (Fsp3) is 0. The Balaban J connectivity index is 1.02. The minimum absolute atomic E-state index is 0.602. The maximum Gasteiger partial charge on any atom is 0.408 e. The number of anilines is 4. The Morgan fingerprint density at radius 3 is 1.54 bits per heavy atom. The van der Waals surface area contributed by atoms with Gasteiger partial charge in [-0.2, -0.15) is 0 Å². The topological polar surface area (TPSA) is 93.2 Å². The van der Waals surface area contributed by atoms with Crippen molar-refractivity contribution < 1.29 is 9.48 Å². The number of rotatable bonds is 9. The Labute approximate surface area is 276 Å². The molecule has 8 aromatic rings. The Hall–Kier alpha value is -6.94. The van der Waals surface area contributed by atoms with E-state index in [1.54, 1.807) is 19.0 Å². The van der Waals surface area contributed by atoms with Gasteiger partial charge in [-0.25, -0.2) is 0 Å². The third kappa shape index (κ3) is 6.01. The standard InChI is InChI=1S/C38H29N10/c1-5-13-33(14-6-1)45-37(41-47(43-45)35-17-9-3-10-18-35)39-31-25-21-29(22-26-31)30-23-27-32(28-24-30)40-38-42-48(36-19-11-4-12-20-36)44-46(38)34-15-7-2-8-16-34/h1-28,43H/q+1/p+1. The minimum Gasteiger partial charge on any atom is -0.301 e. The predicted molar refractivity (Wildman–Crippen MR) is 184 cm³/mol. The van der Waals surface area contributed by atoms with Gasteiger partial charge in [0.1, 0.15) is 16.6 Å². The third-order valence-corrected chi connectivity index (χ3v) is 7.72. The van der Waals surface area contributed by atoms with E-state index in [1.165, 1.54) is 0 Å². The molecule has 0 aliphatic rings. The van der Waals surface area contributed by atoms with Gasteiger partial charge in [0.2, 0.25) is 0 Å². The zero-order valence-electron chi connectivity index (χ0n) is 25.7. The minimum atomic E-state index is 0.602. The van der Waals surface area contributed by atoms with E-state index in [0.29, 0.717) is 11.9 Å². The van der Waals surface area contributed by atoms with E-state index < -0.39 is 0 Å². The lowest BCUT2D eigenvalue weighted by atomic mass is 10.1. The van der Waals surface area contributed by atoms with E-state index in [9.17, 15) is 0 Å². The highest BCUT2D eigenvalue weighted by Gasteiger charge is 2.23. The molecule has 0 saturated carbocycles. The van der Waals surface area contributed by atoms with Crippen LogP contribution in [-0.2, 0) is 0 Å². The second-order valence-corrected chi connectivity index (χ2v) is 11.0. The summed E-state index contributed by atoms with van der Waals surface area (Å²) in [6.07, 6.45) is 0. The normalized spacial score (nSPS) is 10.9. The number of nitrogens with zero attached hydrogens (tertiary/aromatic N) is 8. The molecule has 0 unspecified atom stereocenters. The molecule has 0 fully saturated rings. The molecule has 0 amide bonds. The second kappa shape index (κ2) is 12.8. The van der Waals surface area contributed by atoms with Crippen molar-refractivity contribution in [1.82, 2.24) is 30.1 Å². The van der Waals surface area contributed by atoms with Gasteiger partial charge < -0.3 is 5.32 Å². The fourth-order valence-electron chi connectivity index (χ4n) is 5.29. The highest BCUT2D eigenvalue weighted by atomic mass is 15.7. The maximum absolute atomic E-state index is 4.76. The number of tetrazole rings is 2. The van der Waals surface area contributed by atoms with Crippen molar-refractivity contribution in [2.24, 2.45) is 0 Å². The van der Waals surface area contributed by atoms with E-state index in [1.807, 2.05) is 146 Å². The van der Waals surface area contributed by atoms with Gasteiger partial charge in [0.25, 0.3) is 0 Å². The van der Waals surface area contributed by atoms with Crippen molar-refractivity contribution in [2.75, 3.05) is 10.6 Å². The molecule has 0 bridgehead atoms. The molecule has 230 valence electrons. The van der Waals surface area contributed by atoms with Crippen molar-refractivity contribution in [1.29, 1.82) is 0 Å². The van der Waals surface area contributed by atoms with Gasteiger partial charge in [0.05, 0.1) is 10.8 Å². The molecule has 0 saturated heterocycles. The van der Waals surface area contributed by atoms with E-state index in [2.05, 4.69) is 34.9 Å². The molecule has 0 radical (unpaired) electrons. The summed E-state index contributed by atoms with van der Waals surface area (Å²) >= 11 is 0. The number of nitrogens with one attached hydrogen (secondary N) is 2. The third-order valence-electron chi connectivity index (χ3n) is 7.72. The zero-order chi connectivity index (χ0) is 32.1. The van der Waals surface area contributed by atoms with Crippen LogP contribution < -0.4 is 20.1 Å². The molecule has 0 spiro atoms. The first-order valence-corrected chi connectivity index (χ1v) is 15.5. The molecule has 0 aliphatic carbocycles. The highest BCUT2D eigenvalue weighted by molar-refractivity contribution is 5.69. The molecule has 8 rings (SSSR count). The van der Waals surface area contributed by atoms with Crippen LogP contribution >= 0.6 is 0 Å². The molecule has 6 aromatic carbocycles. The lowest BCUT2D eigenvalue weighted by Gasteiger charge is -2.06. The molecule has 2 aromatic heterocycles. The molecule has 10 heteroatoms. The van der Waals surface area contributed by atoms with Gasteiger partial charge in [0.15, 0.2) is 11.4 Å². The van der Waals surface area contributed by atoms with E-state index in [0.717, 1.165) is 45.3 Å². The largest absolute Gasteiger partial charge is 0.408 e. The van der Waals surface area contributed by atoms with Crippen LogP contribution in [0.3, 0.4) is 0 Å². The second-order valence-electron chi connectivity index (χ2n) is 11.0. The molecular weight excluding hydrogens is 596 g/mol. The summed E-state index contributed by atoms with van der Waals surface area (Å²) in [5.41, 5.74) is 7.53. The van der Waals surface area contributed by atoms with Crippen molar-refractivity contribution in [2.45, 2.75) is 0 Å². The molecule has 0 aliphatic heterocycles. The molecule has 2 N–H and O–H groups in total. The summed E-state index contributed by atoms with van der Waals surface area (Å²) in [5, 5.41) is 25.9. The zero-order valence-corrected chi connectivity index (χ0v) is 25.7. The van der Waals surface area contributed by atoms with Gasteiger partial charge in [-0.1, -0.05) is 106 Å². The van der Waals surface area contributed by atoms with Gasteiger partial charge in [0, 0.05) is 20.8 Å². The van der Waals surface area contributed by atoms with Crippen LogP contribution in [0.1, 0.15) is 0 Å². The average molecular weight is 627 g/mol. The summed E-state index contributed by atoms with van der Waals surface area (Å²) in [6, 6.07) is 56.2. The molecular formula is C38H30N10+2. The van der Waals surface area contributed by atoms with Crippen LogP contribution in [0.25, 0.3) is 33.9 Å². The predicted octanol–water partition coefficient (Wildman–Crippen LogP) is 6.56. The SMILES string of the molecule is c1ccc(-n2nc(Nc3ccc(-c4ccc(Nc5n[n+](-c6ccccc6)nn5-c5ccccc5)cc4)cc3)[n+](-c3ccccc3)n2)cc1. The Kier molecular flexibility index (Phi) is 7.62. The van der Waals surface area contributed by atoms with Crippen LogP contribution in [0, 0.1) is 0 Å². The highest BCUT2D eigenvalue weighted by Crippen LogP contribution is 2.25. The fourth-order valence-corrected chi connectivity index (χ4v) is 5.29. The van der Waals surface area contributed by atoms with Gasteiger partial charge in [-0.3, -0.25) is 5.32 Å². The smallest absolute Gasteiger partial charge is 0.301 e. The van der Waals surface area contributed by atoms with Crippen molar-refractivity contribution >= 4 is 23.3 Å². The van der Waals surface area contributed by atoms with Crippen LogP contribution in [0.15, 0.2) is 170 Å². The van der Waals surface area contributed by atoms with E-state index >= 15 is 0 Å². The monoisotopic (exact) mass is 626 g/mol. The summed E-state index contributed by atoms with van der Waals surface area (Å²) in [5.74, 6) is 1.20. The quantitative estimate of drug-likeness (QED) is 0.177. The van der Waals surface area contributed by atoms with E-state index in [-0.39, 0.29) is 0 Å². The summed E-state index contributed by atoms with van der Waals surface area (Å²) in [7, 11) is 0. The van der Waals surface area contributed by atoms with Gasteiger partial charge in [-0.05, 0) is 88.7 Å². The van der Waals surface area contributed by atoms with Crippen molar-refractivity contribution in [3.05, 3.63) is 170 Å². The van der Waals surface area contributed by atoms with Crippen LogP contribution in [-0.4, -0.2) is 30.1 Å². The molecule has 2 heterocycles. The first kappa shape index (κ1) is 28.5. The number of hydrogen-bond donors (Lipinski definition) is 2. The first-order chi connectivity index (χ1) is 23.8. The lowest BCUT2D eigenvalue weighted by Crippen LogP contribution is -2.36. The summed E-state index contributed by atoms with van der Waals surface area (Å²) in [4.78, 5) is 3.26.